The first kappa shape index (κ1) is 9.23. The zero-order chi connectivity index (χ0) is 8.97. The van der Waals surface area contributed by atoms with E-state index in [1.807, 2.05) is 37.3 Å². The number of rotatable bonds is 3. The predicted octanol–water partition coefficient (Wildman–Crippen LogP) is 0.937. The molecule has 0 radical (unpaired) electrons. The SMILES string of the molecule is C[C@@H](N)[C@H](O)Cc1ccccc1. The predicted molar refractivity (Wildman–Crippen MR) is 49.8 cm³/mol. The van der Waals surface area contributed by atoms with Crippen molar-refractivity contribution in [2.75, 3.05) is 0 Å². The molecule has 1 rings (SSSR count). The summed E-state index contributed by atoms with van der Waals surface area (Å²) in [5, 5.41) is 9.45. The summed E-state index contributed by atoms with van der Waals surface area (Å²) in [7, 11) is 0. The molecule has 0 aliphatic carbocycles. The number of benzene rings is 1. The van der Waals surface area contributed by atoms with Crippen LogP contribution in [0.25, 0.3) is 0 Å². The summed E-state index contributed by atoms with van der Waals surface area (Å²) in [4.78, 5) is 0. The van der Waals surface area contributed by atoms with E-state index in [1.54, 1.807) is 0 Å². The third-order valence-electron chi connectivity index (χ3n) is 1.89. The average Bonchev–Trinajstić information content (AvgIpc) is 2.06. The van der Waals surface area contributed by atoms with Crippen LogP contribution in [0.4, 0.5) is 0 Å². The van der Waals surface area contributed by atoms with Crippen LogP contribution < -0.4 is 5.73 Å². The van der Waals surface area contributed by atoms with Gasteiger partial charge < -0.3 is 10.8 Å². The highest BCUT2D eigenvalue weighted by atomic mass is 16.3. The number of hydrogen-bond donors (Lipinski definition) is 2. The molecule has 0 unspecified atom stereocenters. The van der Waals surface area contributed by atoms with Crippen molar-refractivity contribution in [1.29, 1.82) is 0 Å². The molecule has 66 valence electrons. The molecule has 0 fully saturated rings. The number of hydrogen-bond acceptors (Lipinski definition) is 2. The molecule has 0 aliphatic rings. The van der Waals surface area contributed by atoms with Gasteiger partial charge in [-0.3, -0.25) is 0 Å². The molecule has 0 aromatic heterocycles. The van der Waals surface area contributed by atoms with Crippen LogP contribution in [0, 0.1) is 0 Å². The fraction of sp³-hybridized carbons (Fsp3) is 0.400. The molecule has 0 spiro atoms. The maximum atomic E-state index is 9.45. The Balaban J connectivity index is 2.53. The van der Waals surface area contributed by atoms with E-state index in [-0.39, 0.29) is 6.04 Å². The zero-order valence-corrected chi connectivity index (χ0v) is 7.27. The largest absolute Gasteiger partial charge is 0.391 e. The molecule has 0 heterocycles. The molecule has 2 heteroatoms. The van der Waals surface area contributed by atoms with Gasteiger partial charge in [0.2, 0.25) is 0 Å². The summed E-state index contributed by atoms with van der Waals surface area (Å²) < 4.78 is 0. The van der Waals surface area contributed by atoms with Gasteiger partial charge in [0, 0.05) is 6.04 Å². The van der Waals surface area contributed by atoms with Crippen molar-refractivity contribution in [1.82, 2.24) is 0 Å². The summed E-state index contributed by atoms with van der Waals surface area (Å²) in [6.45, 7) is 1.81. The van der Waals surface area contributed by atoms with E-state index in [0.29, 0.717) is 6.42 Å². The summed E-state index contributed by atoms with van der Waals surface area (Å²) in [6.07, 6.45) is 0.200. The summed E-state index contributed by atoms with van der Waals surface area (Å²) in [6, 6.07) is 9.70. The second-order valence-electron chi connectivity index (χ2n) is 3.12. The Kier molecular flexibility index (Phi) is 3.26. The van der Waals surface area contributed by atoms with Gasteiger partial charge in [-0.1, -0.05) is 30.3 Å². The topological polar surface area (TPSA) is 46.2 Å². The van der Waals surface area contributed by atoms with Crippen LogP contribution in [-0.2, 0) is 6.42 Å². The highest BCUT2D eigenvalue weighted by Crippen LogP contribution is 2.04. The molecule has 0 saturated heterocycles. The first-order valence-corrected chi connectivity index (χ1v) is 4.17. The Morgan fingerprint density at radius 2 is 1.92 bits per heavy atom. The maximum absolute atomic E-state index is 9.45. The molecule has 0 bridgehead atoms. The third-order valence-corrected chi connectivity index (χ3v) is 1.89. The number of aliphatic hydroxyl groups is 1. The van der Waals surface area contributed by atoms with Crippen molar-refractivity contribution in [2.24, 2.45) is 5.73 Å². The summed E-state index contributed by atoms with van der Waals surface area (Å²) >= 11 is 0. The highest BCUT2D eigenvalue weighted by molar-refractivity contribution is 5.15. The lowest BCUT2D eigenvalue weighted by molar-refractivity contribution is 0.151. The first-order chi connectivity index (χ1) is 5.70. The smallest absolute Gasteiger partial charge is 0.0728 e. The van der Waals surface area contributed by atoms with Crippen molar-refractivity contribution in [3.8, 4) is 0 Å². The van der Waals surface area contributed by atoms with E-state index in [0.717, 1.165) is 5.56 Å². The minimum atomic E-state index is -0.438. The molecule has 12 heavy (non-hydrogen) atoms. The molecular formula is C10H15NO. The molecule has 3 N–H and O–H groups in total. The van der Waals surface area contributed by atoms with Gasteiger partial charge in [0.05, 0.1) is 6.10 Å². The van der Waals surface area contributed by atoms with Crippen molar-refractivity contribution in [2.45, 2.75) is 25.5 Å². The minimum absolute atomic E-state index is 0.162. The van der Waals surface area contributed by atoms with Crippen LogP contribution in [0.2, 0.25) is 0 Å². The Morgan fingerprint density at radius 3 is 2.42 bits per heavy atom. The van der Waals surface area contributed by atoms with Gasteiger partial charge in [0.25, 0.3) is 0 Å². The second-order valence-corrected chi connectivity index (χ2v) is 3.12. The molecule has 0 aliphatic heterocycles. The highest BCUT2D eigenvalue weighted by Gasteiger charge is 2.09. The van der Waals surface area contributed by atoms with E-state index in [2.05, 4.69) is 0 Å². The first-order valence-electron chi connectivity index (χ1n) is 4.17. The van der Waals surface area contributed by atoms with Crippen LogP contribution in [-0.4, -0.2) is 17.3 Å². The van der Waals surface area contributed by atoms with Gasteiger partial charge in [-0.2, -0.15) is 0 Å². The van der Waals surface area contributed by atoms with E-state index in [1.165, 1.54) is 0 Å². The average molecular weight is 165 g/mol. The van der Waals surface area contributed by atoms with Gasteiger partial charge in [0.15, 0.2) is 0 Å². The Hall–Kier alpha value is -0.860. The normalized spacial score (nSPS) is 15.6. The van der Waals surface area contributed by atoms with Crippen LogP contribution in [0.3, 0.4) is 0 Å². The monoisotopic (exact) mass is 165 g/mol. The quantitative estimate of drug-likeness (QED) is 0.700. The number of aliphatic hydroxyl groups excluding tert-OH is 1. The fourth-order valence-electron chi connectivity index (χ4n) is 1.04. The summed E-state index contributed by atoms with van der Waals surface area (Å²) in [5.74, 6) is 0. The summed E-state index contributed by atoms with van der Waals surface area (Å²) in [5.41, 5.74) is 6.66. The Morgan fingerprint density at radius 1 is 1.33 bits per heavy atom. The van der Waals surface area contributed by atoms with Gasteiger partial charge in [-0.05, 0) is 18.9 Å². The van der Waals surface area contributed by atoms with Crippen LogP contribution in [0.5, 0.6) is 0 Å². The molecular weight excluding hydrogens is 150 g/mol. The van der Waals surface area contributed by atoms with Crippen LogP contribution in [0.15, 0.2) is 30.3 Å². The van der Waals surface area contributed by atoms with Crippen LogP contribution >= 0.6 is 0 Å². The molecule has 2 atom stereocenters. The molecule has 2 nitrogen and oxygen atoms in total. The van der Waals surface area contributed by atoms with Crippen molar-refractivity contribution >= 4 is 0 Å². The Labute approximate surface area is 73.0 Å². The third kappa shape index (κ3) is 2.64. The van der Waals surface area contributed by atoms with E-state index in [9.17, 15) is 5.11 Å². The van der Waals surface area contributed by atoms with Crippen molar-refractivity contribution in [3.63, 3.8) is 0 Å². The second kappa shape index (κ2) is 4.24. The van der Waals surface area contributed by atoms with Crippen molar-refractivity contribution < 1.29 is 5.11 Å². The lowest BCUT2D eigenvalue weighted by atomic mass is 10.0. The maximum Gasteiger partial charge on any atom is 0.0728 e. The van der Waals surface area contributed by atoms with E-state index >= 15 is 0 Å². The number of nitrogens with two attached hydrogens (primary N) is 1. The lowest BCUT2D eigenvalue weighted by Crippen LogP contribution is -2.32. The zero-order valence-electron chi connectivity index (χ0n) is 7.27. The van der Waals surface area contributed by atoms with Gasteiger partial charge in [0.1, 0.15) is 0 Å². The molecule has 1 aromatic carbocycles. The Bertz CT molecular complexity index is 221. The van der Waals surface area contributed by atoms with Gasteiger partial charge in [-0.15, -0.1) is 0 Å². The van der Waals surface area contributed by atoms with E-state index < -0.39 is 6.10 Å². The molecule has 0 amide bonds. The van der Waals surface area contributed by atoms with Crippen LogP contribution in [0.1, 0.15) is 12.5 Å². The molecule has 1 aromatic rings. The fourth-order valence-corrected chi connectivity index (χ4v) is 1.04. The van der Waals surface area contributed by atoms with Gasteiger partial charge in [-0.25, -0.2) is 0 Å². The minimum Gasteiger partial charge on any atom is -0.391 e. The standard InChI is InChI=1S/C10H15NO/c1-8(11)10(12)7-9-5-3-2-4-6-9/h2-6,8,10,12H,7,11H2,1H3/t8-,10-/m1/s1. The lowest BCUT2D eigenvalue weighted by Gasteiger charge is -2.13. The van der Waals surface area contributed by atoms with Crippen molar-refractivity contribution in [3.05, 3.63) is 35.9 Å². The van der Waals surface area contributed by atoms with E-state index in [4.69, 9.17) is 5.73 Å². The van der Waals surface area contributed by atoms with Gasteiger partial charge >= 0.3 is 0 Å². The molecule has 0 saturated carbocycles.